The Bertz CT molecular complexity index is 346. The standard InChI is InChI=1S/C17H28N2/c1-2-13-8-9-15(12-18)17(11-13)19-10-4-6-14-5-3-7-16(14)19/h13-17H,2-11H2,1H3. The van der Waals surface area contributed by atoms with Gasteiger partial charge in [-0.2, -0.15) is 5.26 Å². The van der Waals surface area contributed by atoms with E-state index in [1.54, 1.807) is 0 Å². The van der Waals surface area contributed by atoms with Crippen molar-refractivity contribution in [2.75, 3.05) is 6.54 Å². The lowest BCUT2D eigenvalue weighted by molar-refractivity contribution is 0.0203. The van der Waals surface area contributed by atoms with Gasteiger partial charge in [0.15, 0.2) is 0 Å². The molecular weight excluding hydrogens is 232 g/mol. The minimum absolute atomic E-state index is 0.308. The Labute approximate surface area is 118 Å². The molecule has 0 aromatic carbocycles. The van der Waals surface area contributed by atoms with Crippen molar-refractivity contribution in [3.8, 4) is 6.07 Å². The molecular formula is C17H28N2. The van der Waals surface area contributed by atoms with E-state index in [4.69, 9.17) is 0 Å². The van der Waals surface area contributed by atoms with E-state index in [-0.39, 0.29) is 0 Å². The molecule has 1 aliphatic heterocycles. The summed E-state index contributed by atoms with van der Waals surface area (Å²) in [4.78, 5) is 2.79. The Morgan fingerprint density at radius 2 is 1.89 bits per heavy atom. The van der Waals surface area contributed by atoms with E-state index in [1.807, 2.05) is 0 Å². The van der Waals surface area contributed by atoms with Crippen LogP contribution in [-0.4, -0.2) is 23.5 Å². The highest BCUT2D eigenvalue weighted by atomic mass is 15.2. The lowest BCUT2D eigenvalue weighted by Gasteiger charge is -2.47. The van der Waals surface area contributed by atoms with Gasteiger partial charge in [0.05, 0.1) is 12.0 Å². The molecule has 2 saturated carbocycles. The Balaban J connectivity index is 1.75. The van der Waals surface area contributed by atoms with Crippen LogP contribution in [0.25, 0.3) is 0 Å². The summed E-state index contributed by atoms with van der Waals surface area (Å²) < 4.78 is 0. The predicted molar refractivity (Wildman–Crippen MR) is 77.6 cm³/mol. The molecule has 2 heteroatoms. The molecule has 3 aliphatic rings. The molecule has 3 rings (SSSR count). The second kappa shape index (κ2) is 5.83. The van der Waals surface area contributed by atoms with E-state index in [1.165, 1.54) is 57.9 Å². The van der Waals surface area contributed by atoms with Crippen LogP contribution in [0.2, 0.25) is 0 Å². The van der Waals surface area contributed by atoms with Gasteiger partial charge in [0.1, 0.15) is 0 Å². The minimum atomic E-state index is 0.308. The topological polar surface area (TPSA) is 27.0 Å². The summed E-state index contributed by atoms with van der Waals surface area (Å²) in [7, 11) is 0. The lowest BCUT2D eigenvalue weighted by atomic mass is 9.75. The maximum Gasteiger partial charge on any atom is 0.0672 e. The maximum atomic E-state index is 9.51. The van der Waals surface area contributed by atoms with Crippen LogP contribution in [0.3, 0.4) is 0 Å². The number of nitriles is 1. The largest absolute Gasteiger partial charge is 0.296 e. The van der Waals surface area contributed by atoms with Gasteiger partial charge in [-0.15, -0.1) is 0 Å². The summed E-state index contributed by atoms with van der Waals surface area (Å²) in [6.45, 7) is 3.59. The Morgan fingerprint density at radius 1 is 1.05 bits per heavy atom. The van der Waals surface area contributed by atoms with Crippen molar-refractivity contribution in [3.05, 3.63) is 0 Å². The van der Waals surface area contributed by atoms with Crippen molar-refractivity contribution >= 4 is 0 Å². The zero-order chi connectivity index (χ0) is 13.2. The highest BCUT2D eigenvalue weighted by molar-refractivity contribution is 5.01. The second-order valence-electron chi connectivity index (χ2n) is 7.03. The van der Waals surface area contributed by atoms with Crippen molar-refractivity contribution in [1.29, 1.82) is 5.26 Å². The highest BCUT2D eigenvalue weighted by Crippen LogP contribution is 2.42. The monoisotopic (exact) mass is 260 g/mol. The first-order valence-electron chi connectivity index (χ1n) is 8.48. The molecule has 2 nitrogen and oxygen atoms in total. The molecule has 3 fully saturated rings. The number of hydrogen-bond donors (Lipinski definition) is 0. The van der Waals surface area contributed by atoms with Crippen LogP contribution in [0.1, 0.15) is 64.7 Å². The van der Waals surface area contributed by atoms with Crippen LogP contribution in [-0.2, 0) is 0 Å². The predicted octanol–water partition coefficient (Wildman–Crippen LogP) is 3.97. The fraction of sp³-hybridized carbons (Fsp3) is 0.941. The normalized spacial score (nSPS) is 43.7. The summed E-state index contributed by atoms with van der Waals surface area (Å²) in [6.07, 6.45) is 12.1. The molecule has 1 saturated heterocycles. The van der Waals surface area contributed by atoms with Gasteiger partial charge >= 0.3 is 0 Å². The Morgan fingerprint density at radius 3 is 2.68 bits per heavy atom. The summed E-state index contributed by atoms with van der Waals surface area (Å²) in [5.74, 6) is 2.13. The molecule has 0 N–H and O–H groups in total. The van der Waals surface area contributed by atoms with Crippen LogP contribution >= 0.6 is 0 Å². The third kappa shape index (κ3) is 2.55. The molecule has 2 aliphatic carbocycles. The first kappa shape index (κ1) is 13.4. The second-order valence-corrected chi connectivity index (χ2v) is 7.03. The van der Waals surface area contributed by atoms with E-state index in [2.05, 4.69) is 17.9 Å². The van der Waals surface area contributed by atoms with Crippen molar-refractivity contribution in [2.24, 2.45) is 17.8 Å². The smallest absolute Gasteiger partial charge is 0.0672 e. The highest BCUT2D eigenvalue weighted by Gasteiger charge is 2.42. The van der Waals surface area contributed by atoms with Gasteiger partial charge in [-0.1, -0.05) is 19.8 Å². The van der Waals surface area contributed by atoms with Gasteiger partial charge in [0, 0.05) is 12.1 Å². The van der Waals surface area contributed by atoms with Crippen molar-refractivity contribution in [2.45, 2.75) is 76.8 Å². The summed E-state index contributed by atoms with van der Waals surface area (Å²) >= 11 is 0. The fourth-order valence-corrected chi connectivity index (χ4v) is 5.02. The van der Waals surface area contributed by atoms with E-state index < -0.39 is 0 Å². The third-order valence-corrected chi connectivity index (χ3v) is 6.13. The molecule has 0 bridgehead atoms. The van der Waals surface area contributed by atoms with Crippen LogP contribution in [0.4, 0.5) is 0 Å². The van der Waals surface area contributed by atoms with E-state index in [9.17, 15) is 5.26 Å². The molecule has 5 unspecified atom stereocenters. The zero-order valence-corrected chi connectivity index (χ0v) is 12.4. The molecule has 0 aromatic rings. The first-order chi connectivity index (χ1) is 9.33. The summed E-state index contributed by atoms with van der Waals surface area (Å²) in [5, 5.41) is 9.51. The first-order valence-corrected chi connectivity index (χ1v) is 8.48. The molecule has 1 heterocycles. The molecule has 106 valence electrons. The van der Waals surface area contributed by atoms with Gasteiger partial charge in [0.2, 0.25) is 0 Å². The number of hydrogen-bond acceptors (Lipinski definition) is 2. The Kier molecular flexibility index (Phi) is 4.12. The van der Waals surface area contributed by atoms with Crippen molar-refractivity contribution in [1.82, 2.24) is 4.90 Å². The molecule has 0 spiro atoms. The zero-order valence-electron chi connectivity index (χ0n) is 12.4. The van der Waals surface area contributed by atoms with E-state index in [0.717, 1.165) is 24.3 Å². The molecule has 0 radical (unpaired) electrons. The number of nitrogens with zero attached hydrogens (tertiary/aromatic N) is 2. The SMILES string of the molecule is CCC1CCC(C#N)C(N2CCCC3CCCC32)C1. The average Bonchev–Trinajstić information content (AvgIpc) is 2.94. The Hall–Kier alpha value is -0.550. The third-order valence-electron chi connectivity index (χ3n) is 6.13. The maximum absolute atomic E-state index is 9.51. The summed E-state index contributed by atoms with van der Waals surface area (Å²) in [5.41, 5.74) is 0. The number of fused-ring (bicyclic) bond motifs is 1. The number of piperidine rings is 1. The quantitative estimate of drug-likeness (QED) is 0.751. The van der Waals surface area contributed by atoms with Crippen LogP contribution in [0.5, 0.6) is 0 Å². The minimum Gasteiger partial charge on any atom is -0.296 e. The van der Waals surface area contributed by atoms with Gasteiger partial charge in [-0.05, 0) is 63.3 Å². The van der Waals surface area contributed by atoms with Gasteiger partial charge in [0.25, 0.3) is 0 Å². The number of likely N-dealkylation sites (tertiary alicyclic amines) is 1. The average molecular weight is 260 g/mol. The van der Waals surface area contributed by atoms with E-state index >= 15 is 0 Å². The molecule has 19 heavy (non-hydrogen) atoms. The van der Waals surface area contributed by atoms with Crippen LogP contribution < -0.4 is 0 Å². The van der Waals surface area contributed by atoms with Crippen molar-refractivity contribution in [3.63, 3.8) is 0 Å². The van der Waals surface area contributed by atoms with Gasteiger partial charge < -0.3 is 0 Å². The summed E-state index contributed by atoms with van der Waals surface area (Å²) in [6, 6.07) is 4.04. The van der Waals surface area contributed by atoms with Crippen molar-refractivity contribution < 1.29 is 0 Å². The fourth-order valence-electron chi connectivity index (χ4n) is 5.02. The lowest BCUT2D eigenvalue weighted by Crippen LogP contribution is -2.52. The van der Waals surface area contributed by atoms with Gasteiger partial charge in [-0.3, -0.25) is 4.90 Å². The van der Waals surface area contributed by atoms with Gasteiger partial charge in [-0.25, -0.2) is 0 Å². The molecule has 5 atom stereocenters. The molecule has 0 amide bonds. The van der Waals surface area contributed by atoms with Crippen LogP contribution in [0.15, 0.2) is 0 Å². The molecule has 0 aromatic heterocycles. The van der Waals surface area contributed by atoms with Crippen LogP contribution in [0, 0.1) is 29.1 Å². The number of rotatable bonds is 2. The van der Waals surface area contributed by atoms with E-state index in [0.29, 0.717) is 12.0 Å².